The first kappa shape index (κ1) is 26.6. The first-order valence-corrected chi connectivity index (χ1v) is 13.6. The van der Waals surface area contributed by atoms with E-state index in [2.05, 4.69) is 69.4 Å². The number of benzene rings is 2. The maximum atomic E-state index is 5.97. The first-order chi connectivity index (χ1) is 16.5. The van der Waals surface area contributed by atoms with Gasteiger partial charge in [0.2, 0.25) is 0 Å². The lowest BCUT2D eigenvalue weighted by Gasteiger charge is -2.23. The van der Waals surface area contributed by atoms with Crippen LogP contribution in [0.4, 0.5) is 0 Å². The Morgan fingerprint density at radius 3 is 1.59 bits per heavy atom. The van der Waals surface area contributed by atoms with E-state index in [0.29, 0.717) is 0 Å². The molecule has 0 radical (unpaired) electrons. The minimum Gasteiger partial charge on any atom is -0.493 e. The number of para-hydroxylation sites is 2. The van der Waals surface area contributed by atoms with Gasteiger partial charge in [0.15, 0.2) is 0 Å². The molecule has 4 rings (SSSR count). The molecule has 1 heterocycles. The average molecular weight is 466 g/mol. The van der Waals surface area contributed by atoms with E-state index in [-0.39, 0.29) is 0 Å². The predicted octanol–water partition coefficient (Wildman–Crippen LogP) is 7.72. The molecule has 0 bridgehead atoms. The van der Waals surface area contributed by atoms with Gasteiger partial charge in [-0.15, -0.1) is 0 Å². The third-order valence-electron chi connectivity index (χ3n) is 7.49. The third kappa shape index (κ3) is 8.65. The van der Waals surface area contributed by atoms with Crippen molar-refractivity contribution >= 4 is 0 Å². The molecule has 1 atom stereocenters. The van der Waals surface area contributed by atoms with Crippen LogP contribution in [0, 0.1) is 39.5 Å². The lowest BCUT2D eigenvalue weighted by molar-refractivity contribution is 0.244. The SMILES string of the molecule is Cc1cccc(C)c1OCCC1CCCCC1.Cc1cccc(C)c1OCCC1CCCNC1. The van der Waals surface area contributed by atoms with E-state index in [1.54, 1.807) is 0 Å². The van der Waals surface area contributed by atoms with E-state index >= 15 is 0 Å². The Hall–Kier alpha value is -2.00. The molecule has 0 spiro atoms. The zero-order valence-corrected chi connectivity index (χ0v) is 22.1. The molecule has 1 unspecified atom stereocenters. The average Bonchev–Trinajstić information content (AvgIpc) is 2.85. The van der Waals surface area contributed by atoms with Crippen LogP contribution in [-0.2, 0) is 0 Å². The van der Waals surface area contributed by atoms with E-state index in [4.69, 9.17) is 9.47 Å². The number of hydrogen-bond donors (Lipinski definition) is 1. The lowest BCUT2D eigenvalue weighted by Crippen LogP contribution is -2.30. The van der Waals surface area contributed by atoms with Crippen molar-refractivity contribution < 1.29 is 9.47 Å². The van der Waals surface area contributed by atoms with Crippen LogP contribution in [0.25, 0.3) is 0 Å². The van der Waals surface area contributed by atoms with Gasteiger partial charge >= 0.3 is 0 Å². The van der Waals surface area contributed by atoms with Crippen LogP contribution in [0.5, 0.6) is 11.5 Å². The van der Waals surface area contributed by atoms with Crippen LogP contribution >= 0.6 is 0 Å². The number of hydrogen-bond acceptors (Lipinski definition) is 3. The molecule has 2 aromatic carbocycles. The van der Waals surface area contributed by atoms with Gasteiger partial charge in [-0.2, -0.15) is 0 Å². The normalized spacial score (nSPS) is 18.6. The molecule has 1 saturated heterocycles. The van der Waals surface area contributed by atoms with E-state index in [1.165, 1.54) is 86.6 Å². The molecule has 34 heavy (non-hydrogen) atoms. The Kier molecular flexibility index (Phi) is 11.3. The maximum Gasteiger partial charge on any atom is 0.125 e. The lowest BCUT2D eigenvalue weighted by atomic mass is 9.87. The summed E-state index contributed by atoms with van der Waals surface area (Å²) in [6.45, 7) is 12.6. The van der Waals surface area contributed by atoms with E-state index in [0.717, 1.165) is 43.1 Å². The predicted molar refractivity (Wildman–Crippen MR) is 144 cm³/mol. The number of aryl methyl sites for hydroxylation is 4. The molecule has 1 saturated carbocycles. The molecule has 2 aliphatic rings. The van der Waals surface area contributed by atoms with E-state index in [1.807, 2.05) is 0 Å². The highest BCUT2D eigenvalue weighted by Gasteiger charge is 2.14. The smallest absolute Gasteiger partial charge is 0.125 e. The summed E-state index contributed by atoms with van der Waals surface area (Å²) < 4.78 is 11.9. The number of ether oxygens (including phenoxy) is 2. The number of nitrogens with one attached hydrogen (secondary N) is 1. The molecular formula is C31H47NO2. The molecule has 1 aliphatic heterocycles. The van der Waals surface area contributed by atoms with Gasteiger partial charge in [-0.1, -0.05) is 68.5 Å². The second kappa shape index (κ2) is 14.4. The van der Waals surface area contributed by atoms with Crippen molar-refractivity contribution in [2.24, 2.45) is 11.8 Å². The van der Waals surface area contributed by atoms with Gasteiger partial charge in [0.1, 0.15) is 11.5 Å². The van der Waals surface area contributed by atoms with Crippen LogP contribution in [0.1, 0.15) is 80.0 Å². The Bertz CT molecular complexity index is 739. The molecular weight excluding hydrogens is 418 g/mol. The molecule has 2 aromatic rings. The summed E-state index contributed by atoms with van der Waals surface area (Å²) in [5, 5.41) is 3.45. The standard InChI is InChI=1S/C16H24O.C15H23NO/c1-13-7-6-8-14(2)16(13)17-12-11-15-9-4-3-5-10-15;1-12-5-3-6-13(2)15(12)17-10-8-14-7-4-9-16-11-14/h6-8,15H,3-5,9-12H2,1-2H3;3,5-6,14,16H,4,7-11H2,1-2H3. The molecule has 3 heteroatoms. The molecule has 1 N–H and O–H groups in total. The number of rotatable bonds is 8. The molecule has 0 aromatic heterocycles. The summed E-state index contributed by atoms with van der Waals surface area (Å²) in [4.78, 5) is 0. The van der Waals surface area contributed by atoms with Gasteiger partial charge in [0.25, 0.3) is 0 Å². The molecule has 1 aliphatic carbocycles. The fourth-order valence-corrected chi connectivity index (χ4v) is 5.36. The van der Waals surface area contributed by atoms with E-state index in [9.17, 15) is 0 Å². The largest absolute Gasteiger partial charge is 0.493 e. The van der Waals surface area contributed by atoms with Crippen molar-refractivity contribution in [1.82, 2.24) is 5.32 Å². The van der Waals surface area contributed by atoms with Gasteiger partial charge in [0, 0.05) is 0 Å². The van der Waals surface area contributed by atoms with Crippen LogP contribution in [0.15, 0.2) is 36.4 Å². The summed E-state index contributed by atoms with van der Waals surface area (Å²) in [6.07, 6.45) is 12.2. The van der Waals surface area contributed by atoms with Gasteiger partial charge < -0.3 is 14.8 Å². The topological polar surface area (TPSA) is 30.5 Å². The van der Waals surface area contributed by atoms with Crippen molar-refractivity contribution in [3.8, 4) is 11.5 Å². The van der Waals surface area contributed by atoms with Crippen LogP contribution in [-0.4, -0.2) is 26.3 Å². The monoisotopic (exact) mass is 465 g/mol. The number of piperidine rings is 1. The minimum atomic E-state index is 0.799. The van der Waals surface area contributed by atoms with Gasteiger partial charge in [0.05, 0.1) is 13.2 Å². The van der Waals surface area contributed by atoms with Crippen molar-refractivity contribution in [2.75, 3.05) is 26.3 Å². The summed E-state index contributed by atoms with van der Waals surface area (Å²) in [5.74, 6) is 3.89. The highest BCUT2D eigenvalue weighted by atomic mass is 16.5. The van der Waals surface area contributed by atoms with Crippen LogP contribution in [0.2, 0.25) is 0 Å². The molecule has 0 amide bonds. The zero-order valence-electron chi connectivity index (χ0n) is 22.1. The second-order valence-corrected chi connectivity index (χ2v) is 10.4. The van der Waals surface area contributed by atoms with Gasteiger partial charge in [-0.3, -0.25) is 0 Å². The van der Waals surface area contributed by atoms with Crippen LogP contribution in [0.3, 0.4) is 0 Å². The Labute approximate surface area is 208 Å². The highest BCUT2D eigenvalue weighted by Crippen LogP contribution is 2.28. The van der Waals surface area contributed by atoms with Gasteiger partial charge in [-0.25, -0.2) is 0 Å². The first-order valence-electron chi connectivity index (χ1n) is 13.6. The van der Waals surface area contributed by atoms with Crippen molar-refractivity contribution in [3.63, 3.8) is 0 Å². The Morgan fingerprint density at radius 2 is 1.12 bits per heavy atom. The molecule has 2 fully saturated rings. The molecule has 3 nitrogen and oxygen atoms in total. The van der Waals surface area contributed by atoms with Crippen molar-refractivity contribution in [2.45, 2.75) is 85.5 Å². The van der Waals surface area contributed by atoms with Crippen molar-refractivity contribution in [3.05, 3.63) is 58.7 Å². The van der Waals surface area contributed by atoms with E-state index < -0.39 is 0 Å². The summed E-state index contributed by atoms with van der Waals surface area (Å²) >= 11 is 0. The summed E-state index contributed by atoms with van der Waals surface area (Å²) in [7, 11) is 0. The van der Waals surface area contributed by atoms with Gasteiger partial charge in [-0.05, 0) is 101 Å². The quantitative estimate of drug-likeness (QED) is 0.433. The summed E-state index contributed by atoms with van der Waals surface area (Å²) in [5.41, 5.74) is 5.00. The fourth-order valence-electron chi connectivity index (χ4n) is 5.36. The maximum absolute atomic E-state index is 5.97. The zero-order chi connectivity index (χ0) is 24.2. The van der Waals surface area contributed by atoms with Crippen molar-refractivity contribution in [1.29, 1.82) is 0 Å². The third-order valence-corrected chi connectivity index (χ3v) is 7.49. The van der Waals surface area contributed by atoms with Crippen LogP contribution < -0.4 is 14.8 Å². The molecule has 188 valence electrons. The summed E-state index contributed by atoms with van der Waals surface area (Å²) in [6, 6.07) is 12.7. The Balaban J connectivity index is 0.000000191. The highest BCUT2D eigenvalue weighted by molar-refractivity contribution is 5.40. The second-order valence-electron chi connectivity index (χ2n) is 10.4. The Morgan fingerprint density at radius 1 is 0.647 bits per heavy atom. The minimum absolute atomic E-state index is 0.799. The fraction of sp³-hybridized carbons (Fsp3) is 0.613.